The Bertz CT molecular complexity index is 767. The minimum atomic E-state index is -1.73. The molecule has 0 bridgehead atoms. The molecule has 2 fully saturated rings. The van der Waals surface area contributed by atoms with E-state index in [1.54, 1.807) is 0 Å². The number of nitrogens with zero attached hydrogens (tertiary/aromatic N) is 1. The molecule has 3 atom stereocenters. The number of thioether (sulfide) groups is 1. The number of carboxylic acids is 1. The summed E-state index contributed by atoms with van der Waals surface area (Å²) in [5.41, 5.74) is -0.141. The van der Waals surface area contributed by atoms with Crippen molar-refractivity contribution in [2.24, 2.45) is 11.8 Å². The molecule has 1 amide bonds. The zero-order valence-electron chi connectivity index (χ0n) is 16.1. The number of aromatic hydroxyl groups is 1. The van der Waals surface area contributed by atoms with Crippen LogP contribution in [0.1, 0.15) is 15.9 Å². The molecule has 3 rings (SSSR count). The highest BCUT2D eigenvalue weighted by Gasteiger charge is 2.38. The summed E-state index contributed by atoms with van der Waals surface area (Å²) in [5.74, 6) is -0.828. The third-order valence-corrected chi connectivity index (χ3v) is 6.83. The molecule has 2 saturated heterocycles. The summed E-state index contributed by atoms with van der Waals surface area (Å²) in [6.45, 7) is 3.26. The number of likely N-dealkylation sites (tertiary alicyclic amines) is 1. The molecule has 2 heterocycles. The van der Waals surface area contributed by atoms with E-state index < -0.39 is 24.0 Å². The van der Waals surface area contributed by atoms with Gasteiger partial charge in [0.15, 0.2) is 0 Å². The predicted octanol–water partition coefficient (Wildman–Crippen LogP) is -0.567. The number of phenols is 1. The van der Waals surface area contributed by atoms with Gasteiger partial charge < -0.3 is 35.2 Å². The fraction of sp³-hybridized carbons (Fsp3) is 0.556. The Morgan fingerprint density at radius 3 is 2.52 bits per heavy atom. The third-order valence-electron chi connectivity index (χ3n) is 5.57. The zero-order valence-corrected chi connectivity index (χ0v) is 16.9. The molecule has 1 aromatic carbocycles. The first kappa shape index (κ1) is 21.8. The van der Waals surface area contributed by atoms with Crippen LogP contribution in [0.3, 0.4) is 0 Å². The average Bonchev–Trinajstić information content (AvgIpc) is 3.27. The molecule has 0 saturated carbocycles. The summed E-state index contributed by atoms with van der Waals surface area (Å²) in [6, 6.07) is 2.89. The topological polar surface area (TPSA) is 140 Å². The zero-order chi connectivity index (χ0) is 21.1. The number of fused-ring (bicyclic) bond motifs is 1. The van der Waals surface area contributed by atoms with Gasteiger partial charge in [-0.25, -0.2) is 4.79 Å². The number of carbonyl (C=O) groups is 2. The van der Waals surface area contributed by atoms with Crippen molar-refractivity contribution in [2.75, 3.05) is 39.0 Å². The largest absolute Gasteiger partial charge is 0.507 e. The van der Waals surface area contributed by atoms with E-state index in [2.05, 4.69) is 5.32 Å². The quantitative estimate of drug-likeness (QED) is 0.347. The van der Waals surface area contributed by atoms with E-state index in [4.69, 9.17) is 4.74 Å². The Kier molecular flexibility index (Phi) is 6.94. The molecule has 5 N–H and O–H groups in total. The van der Waals surface area contributed by atoms with Crippen LogP contribution in [-0.2, 0) is 11.2 Å². The minimum absolute atomic E-state index is 0.0109. The third kappa shape index (κ3) is 4.80. The molecule has 2 aliphatic rings. The first-order chi connectivity index (χ1) is 13.8. The van der Waals surface area contributed by atoms with Crippen LogP contribution >= 0.6 is 11.8 Å². The predicted molar refractivity (Wildman–Crippen MR) is 108 cm³/mol. The van der Waals surface area contributed by atoms with Crippen molar-refractivity contribution >= 4 is 30.8 Å². The van der Waals surface area contributed by atoms with Gasteiger partial charge in [0, 0.05) is 31.3 Å². The van der Waals surface area contributed by atoms with Crippen LogP contribution in [-0.4, -0.2) is 88.3 Å². The van der Waals surface area contributed by atoms with E-state index in [0.717, 1.165) is 24.9 Å². The van der Waals surface area contributed by atoms with Gasteiger partial charge in [-0.2, -0.15) is 11.8 Å². The number of methoxy groups -OCH3 is 1. The van der Waals surface area contributed by atoms with Crippen LogP contribution in [0, 0.1) is 11.8 Å². The maximum Gasteiger partial charge on any atom is 0.465 e. The Hall–Kier alpha value is -1.95. The number of hydrogen-bond acceptors (Lipinski definition) is 8. The lowest BCUT2D eigenvalue weighted by Crippen LogP contribution is -2.36. The van der Waals surface area contributed by atoms with Crippen molar-refractivity contribution in [3.8, 4) is 11.5 Å². The Morgan fingerprint density at radius 2 is 1.97 bits per heavy atom. The number of carbonyl (C=O) groups excluding carboxylic acids is 1. The molecular formula is C18H25BN2O7S. The van der Waals surface area contributed by atoms with Crippen LogP contribution < -0.4 is 10.1 Å². The summed E-state index contributed by atoms with van der Waals surface area (Å²) in [4.78, 5) is 25.8. The molecule has 0 aliphatic carbocycles. The van der Waals surface area contributed by atoms with Gasteiger partial charge in [0.2, 0.25) is 5.91 Å². The summed E-state index contributed by atoms with van der Waals surface area (Å²) in [7, 11) is -0.435. The summed E-state index contributed by atoms with van der Waals surface area (Å²) in [6.07, 6.45) is -0.0130. The van der Waals surface area contributed by atoms with Gasteiger partial charge in [-0.1, -0.05) is 6.07 Å². The molecule has 0 spiro atoms. The van der Waals surface area contributed by atoms with Crippen molar-refractivity contribution in [1.29, 1.82) is 0 Å². The monoisotopic (exact) mass is 424 g/mol. The van der Waals surface area contributed by atoms with Crippen LogP contribution in [0.25, 0.3) is 0 Å². The molecule has 29 heavy (non-hydrogen) atoms. The van der Waals surface area contributed by atoms with Gasteiger partial charge in [0.25, 0.3) is 0 Å². The molecule has 2 aliphatic heterocycles. The molecular weight excluding hydrogens is 399 g/mol. The SMILES string of the molecule is COc1ccc(CC(SCC(=O)N2CC3CNCC3C2)B(O)O)c(O)c1C(=O)O. The summed E-state index contributed by atoms with van der Waals surface area (Å²) >= 11 is 1.08. The highest BCUT2D eigenvalue weighted by molar-refractivity contribution is 8.01. The number of rotatable bonds is 8. The maximum atomic E-state index is 12.5. The second kappa shape index (κ2) is 9.25. The number of nitrogens with one attached hydrogen (secondary N) is 1. The Balaban J connectivity index is 1.64. The van der Waals surface area contributed by atoms with Crippen molar-refractivity contribution in [2.45, 2.75) is 11.6 Å². The van der Waals surface area contributed by atoms with E-state index in [9.17, 15) is 29.9 Å². The number of amides is 1. The maximum absolute atomic E-state index is 12.5. The van der Waals surface area contributed by atoms with Crippen molar-refractivity contribution in [3.05, 3.63) is 23.3 Å². The summed E-state index contributed by atoms with van der Waals surface area (Å²) in [5, 5.41) is 41.6. The molecule has 1 aromatic rings. The average molecular weight is 424 g/mol. The van der Waals surface area contributed by atoms with Crippen LogP contribution in [0.4, 0.5) is 0 Å². The number of aromatic carboxylic acids is 1. The van der Waals surface area contributed by atoms with Crippen LogP contribution in [0.15, 0.2) is 12.1 Å². The molecule has 11 heteroatoms. The van der Waals surface area contributed by atoms with Gasteiger partial charge >= 0.3 is 13.1 Å². The lowest BCUT2D eigenvalue weighted by Gasteiger charge is -2.21. The second-order valence-corrected chi connectivity index (χ2v) is 8.63. The number of benzene rings is 1. The van der Waals surface area contributed by atoms with Gasteiger partial charge in [-0.3, -0.25) is 4.79 Å². The van der Waals surface area contributed by atoms with Crippen molar-refractivity contribution in [1.82, 2.24) is 10.2 Å². The van der Waals surface area contributed by atoms with Gasteiger partial charge in [-0.05, 0) is 29.9 Å². The van der Waals surface area contributed by atoms with Gasteiger partial charge in [0.05, 0.1) is 12.9 Å². The van der Waals surface area contributed by atoms with Gasteiger partial charge in [0.1, 0.15) is 17.1 Å². The molecule has 9 nitrogen and oxygen atoms in total. The van der Waals surface area contributed by atoms with Gasteiger partial charge in [-0.15, -0.1) is 0 Å². The lowest BCUT2D eigenvalue weighted by atomic mass is 9.81. The smallest absolute Gasteiger partial charge is 0.465 e. The Labute approximate surface area is 173 Å². The normalized spacial score (nSPS) is 21.7. The fourth-order valence-corrected chi connectivity index (χ4v) is 4.96. The van der Waals surface area contributed by atoms with E-state index in [0.29, 0.717) is 24.9 Å². The Morgan fingerprint density at radius 1 is 1.31 bits per heavy atom. The number of hydrogen-bond donors (Lipinski definition) is 5. The highest BCUT2D eigenvalue weighted by Crippen LogP contribution is 2.34. The minimum Gasteiger partial charge on any atom is -0.507 e. The standard InChI is InChI=1S/C18H25BN2O7S/c1-28-13-3-2-10(17(23)16(13)18(24)25)4-14(19(26)27)29-9-15(22)21-7-11-5-20-6-12(11)8-21/h2-3,11-12,14,20,23,26-27H,4-9H2,1H3,(H,24,25). The van der Waals surface area contributed by atoms with Crippen molar-refractivity contribution < 1.29 is 34.6 Å². The van der Waals surface area contributed by atoms with Crippen LogP contribution in [0.5, 0.6) is 11.5 Å². The molecule has 0 aromatic heterocycles. The fourth-order valence-electron chi connectivity index (χ4n) is 3.95. The summed E-state index contributed by atoms with van der Waals surface area (Å²) < 4.78 is 4.96. The second-order valence-electron chi connectivity index (χ2n) is 7.40. The van der Waals surface area contributed by atoms with E-state index >= 15 is 0 Å². The first-order valence-corrected chi connectivity index (χ1v) is 10.4. The molecule has 158 valence electrons. The number of ether oxygens (including phenoxy) is 1. The number of carboxylic acid groups (broad SMARTS) is 1. The molecule has 0 radical (unpaired) electrons. The van der Waals surface area contributed by atoms with E-state index in [1.165, 1.54) is 19.2 Å². The van der Waals surface area contributed by atoms with Crippen LogP contribution in [0.2, 0.25) is 0 Å². The first-order valence-electron chi connectivity index (χ1n) is 9.40. The lowest BCUT2D eigenvalue weighted by molar-refractivity contribution is -0.127. The highest BCUT2D eigenvalue weighted by atomic mass is 32.2. The molecule has 3 unspecified atom stereocenters. The van der Waals surface area contributed by atoms with E-state index in [1.807, 2.05) is 4.90 Å². The van der Waals surface area contributed by atoms with Crippen molar-refractivity contribution in [3.63, 3.8) is 0 Å². The van der Waals surface area contributed by atoms with E-state index in [-0.39, 0.29) is 35.0 Å².